The van der Waals surface area contributed by atoms with E-state index in [1.165, 1.54) is 11.1 Å². The van der Waals surface area contributed by atoms with Crippen LogP contribution in [0.15, 0.2) is 81.0 Å². The second-order valence-electron chi connectivity index (χ2n) is 8.78. The van der Waals surface area contributed by atoms with Crippen molar-refractivity contribution in [2.45, 2.75) is 53.6 Å². The summed E-state index contributed by atoms with van der Waals surface area (Å²) in [5, 5.41) is 0.437. The molecule has 0 N–H and O–H groups in total. The van der Waals surface area contributed by atoms with E-state index in [4.69, 9.17) is 18.6 Å². The second kappa shape index (κ2) is 12.1. The summed E-state index contributed by atoms with van der Waals surface area (Å²) in [6, 6.07) is 13.6. The van der Waals surface area contributed by atoms with Crippen LogP contribution in [0, 0.1) is 0 Å². The SMILES string of the molecule is CC(C)=CCC/C(C)=C/COc1cccc2oc(=O)c(OC(=O)c3ccccc3)c(OC(C)C)c12. The normalized spacial score (nSPS) is 11.4. The lowest BCUT2D eigenvalue weighted by molar-refractivity contribution is 0.0718. The highest BCUT2D eigenvalue weighted by atomic mass is 16.6. The molecule has 1 aromatic heterocycles. The molecule has 0 unspecified atom stereocenters. The van der Waals surface area contributed by atoms with E-state index in [0.717, 1.165) is 12.8 Å². The zero-order chi connectivity index (χ0) is 25.4. The molecule has 0 aliphatic rings. The minimum absolute atomic E-state index is 0.121. The van der Waals surface area contributed by atoms with Gasteiger partial charge in [-0.2, -0.15) is 0 Å². The van der Waals surface area contributed by atoms with Crippen LogP contribution in [0.3, 0.4) is 0 Å². The van der Waals surface area contributed by atoms with E-state index in [1.807, 2.05) is 19.9 Å². The first-order valence-electron chi connectivity index (χ1n) is 11.7. The fourth-order valence-electron chi connectivity index (χ4n) is 3.42. The van der Waals surface area contributed by atoms with Crippen molar-refractivity contribution >= 4 is 16.9 Å². The lowest BCUT2D eigenvalue weighted by atomic mass is 10.1. The van der Waals surface area contributed by atoms with Crippen molar-refractivity contribution < 1.29 is 23.4 Å². The monoisotopic (exact) mass is 476 g/mol. The third kappa shape index (κ3) is 7.09. The maximum atomic E-state index is 12.8. The first kappa shape index (κ1) is 25.8. The minimum Gasteiger partial charge on any atom is -0.489 e. The number of hydrogen-bond donors (Lipinski definition) is 0. The highest BCUT2D eigenvalue weighted by Crippen LogP contribution is 2.39. The Morgan fingerprint density at radius 1 is 0.971 bits per heavy atom. The van der Waals surface area contributed by atoms with Gasteiger partial charge in [0.25, 0.3) is 5.75 Å². The van der Waals surface area contributed by atoms with Gasteiger partial charge in [-0.05, 0) is 77.8 Å². The van der Waals surface area contributed by atoms with Gasteiger partial charge < -0.3 is 18.6 Å². The molecule has 0 aliphatic heterocycles. The molecule has 0 saturated heterocycles. The third-order valence-electron chi connectivity index (χ3n) is 5.13. The molecular formula is C29H32O6. The van der Waals surface area contributed by atoms with Crippen molar-refractivity contribution in [1.29, 1.82) is 0 Å². The van der Waals surface area contributed by atoms with Crippen LogP contribution < -0.4 is 19.8 Å². The zero-order valence-corrected chi connectivity index (χ0v) is 20.9. The summed E-state index contributed by atoms with van der Waals surface area (Å²) in [6.07, 6.45) is 5.86. The van der Waals surface area contributed by atoms with Crippen LogP contribution in [-0.2, 0) is 0 Å². The number of carbonyl (C=O) groups excluding carboxylic acids is 1. The van der Waals surface area contributed by atoms with Crippen LogP contribution in [-0.4, -0.2) is 18.7 Å². The minimum atomic E-state index is -0.801. The molecule has 6 nitrogen and oxygen atoms in total. The molecular weight excluding hydrogens is 444 g/mol. The number of rotatable bonds is 10. The van der Waals surface area contributed by atoms with Crippen molar-refractivity contribution in [3.8, 4) is 17.2 Å². The Kier molecular flexibility index (Phi) is 8.90. The molecule has 0 radical (unpaired) electrons. The van der Waals surface area contributed by atoms with E-state index in [1.54, 1.807) is 48.5 Å². The standard InChI is InChI=1S/C29H32O6/c1-19(2)11-9-12-21(5)17-18-32-23-15-10-16-24-25(23)26(33-20(3)4)27(29(31)34-24)35-28(30)22-13-7-6-8-14-22/h6-8,10-11,13-17,20H,9,12,18H2,1-5H3/b21-17+. The molecule has 0 saturated carbocycles. The molecule has 0 atom stereocenters. The molecule has 3 rings (SSSR count). The predicted molar refractivity (Wildman–Crippen MR) is 138 cm³/mol. The zero-order valence-electron chi connectivity index (χ0n) is 20.9. The number of benzene rings is 2. The van der Waals surface area contributed by atoms with Crippen LogP contribution in [0.4, 0.5) is 0 Å². The van der Waals surface area contributed by atoms with Gasteiger partial charge in [-0.1, -0.05) is 41.5 Å². The van der Waals surface area contributed by atoms with E-state index in [-0.39, 0.29) is 23.2 Å². The van der Waals surface area contributed by atoms with Gasteiger partial charge in [0.05, 0.1) is 11.7 Å². The van der Waals surface area contributed by atoms with Crippen LogP contribution in [0.1, 0.15) is 57.8 Å². The van der Waals surface area contributed by atoms with Crippen molar-refractivity contribution in [3.63, 3.8) is 0 Å². The molecule has 0 amide bonds. The molecule has 35 heavy (non-hydrogen) atoms. The summed E-state index contributed by atoms with van der Waals surface area (Å²) in [7, 11) is 0. The summed E-state index contributed by atoms with van der Waals surface area (Å²) in [5.41, 5.74) is 2.30. The van der Waals surface area contributed by atoms with Crippen LogP contribution >= 0.6 is 0 Å². The first-order valence-corrected chi connectivity index (χ1v) is 11.7. The van der Waals surface area contributed by atoms with Crippen molar-refractivity contribution in [2.24, 2.45) is 0 Å². The van der Waals surface area contributed by atoms with Crippen LogP contribution in [0.5, 0.6) is 17.2 Å². The van der Waals surface area contributed by atoms with E-state index >= 15 is 0 Å². The molecule has 184 valence electrons. The Labute approximate surface area is 205 Å². The van der Waals surface area contributed by atoms with E-state index in [2.05, 4.69) is 26.8 Å². The number of fused-ring (bicyclic) bond motifs is 1. The number of esters is 1. The molecule has 3 aromatic rings. The van der Waals surface area contributed by atoms with Crippen molar-refractivity contribution in [2.75, 3.05) is 6.61 Å². The van der Waals surface area contributed by atoms with Gasteiger partial charge in [-0.15, -0.1) is 0 Å². The Hall–Kier alpha value is -3.80. The summed E-state index contributed by atoms with van der Waals surface area (Å²) in [6.45, 7) is 10.2. The Balaban J connectivity index is 1.96. The molecule has 0 fully saturated rings. The topological polar surface area (TPSA) is 75.0 Å². The van der Waals surface area contributed by atoms with Crippen LogP contribution in [0.2, 0.25) is 0 Å². The number of allylic oxidation sites excluding steroid dienone is 3. The second-order valence-corrected chi connectivity index (χ2v) is 8.78. The van der Waals surface area contributed by atoms with Crippen LogP contribution in [0.25, 0.3) is 11.0 Å². The quantitative estimate of drug-likeness (QED) is 0.181. The largest absolute Gasteiger partial charge is 0.489 e. The Bertz CT molecular complexity index is 1280. The number of ether oxygens (including phenoxy) is 3. The summed E-state index contributed by atoms with van der Waals surface area (Å²) < 4.78 is 23.0. The highest BCUT2D eigenvalue weighted by Gasteiger charge is 2.24. The third-order valence-corrected chi connectivity index (χ3v) is 5.13. The molecule has 0 bridgehead atoms. The van der Waals surface area contributed by atoms with Gasteiger partial charge in [0.2, 0.25) is 0 Å². The summed E-state index contributed by atoms with van der Waals surface area (Å²) in [5.74, 6) is -0.397. The van der Waals surface area contributed by atoms with Gasteiger partial charge in [0, 0.05) is 0 Å². The van der Waals surface area contributed by atoms with Gasteiger partial charge in [-0.25, -0.2) is 9.59 Å². The summed E-state index contributed by atoms with van der Waals surface area (Å²) >= 11 is 0. The molecule has 0 aliphatic carbocycles. The average molecular weight is 477 g/mol. The maximum Gasteiger partial charge on any atom is 0.383 e. The van der Waals surface area contributed by atoms with E-state index in [9.17, 15) is 9.59 Å². The highest BCUT2D eigenvalue weighted by molar-refractivity contribution is 5.95. The number of hydrogen-bond acceptors (Lipinski definition) is 6. The molecule has 1 heterocycles. The number of carbonyl (C=O) groups is 1. The smallest absolute Gasteiger partial charge is 0.383 e. The van der Waals surface area contributed by atoms with Crippen molar-refractivity contribution in [3.05, 3.63) is 87.8 Å². The molecule has 2 aromatic carbocycles. The first-order chi connectivity index (χ1) is 16.8. The lowest BCUT2D eigenvalue weighted by Crippen LogP contribution is -2.18. The lowest BCUT2D eigenvalue weighted by Gasteiger charge is -2.17. The van der Waals surface area contributed by atoms with Crippen molar-refractivity contribution in [1.82, 2.24) is 0 Å². The maximum absolute atomic E-state index is 12.8. The van der Waals surface area contributed by atoms with Gasteiger partial charge in [0.15, 0.2) is 5.75 Å². The fourth-order valence-corrected chi connectivity index (χ4v) is 3.42. The summed E-state index contributed by atoms with van der Waals surface area (Å²) in [4.78, 5) is 25.5. The predicted octanol–water partition coefficient (Wildman–Crippen LogP) is 6.87. The molecule has 0 spiro atoms. The Morgan fingerprint density at radius 2 is 1.71 bits per heavy atom. The Morgan fingerprint density at radius 3 is 2.40 bits per heavy atom. The average Bonchev–Trinajstić information content (AvgIpc) is 2.81. The van der Waals surface area contributed by atoms with E-state index < -0.39 is 11.6 Å². The van der Waals surface area contributed by atoms with Gasteiger partial charge in [0.1, 0.15) is 23.3 Å². The van der Waals surface area contributed by atoms with Gasteiger partial charge >= 0.3 is 11.6 Å². The van der Waals surface area contributed by atoms with E-state index in [0.29, 0.717) is 23.3 Å². The fraction of sp³-hybridized carbons (Fsp3) is 0.310. The van der Waals surface area contributed by atoms with Gasteiger partial charge in [-0.3, -0.25) is 0 Å². The molecule has 6 heteroatoms.